The lowest BCUT2D eigenvalue weighted by molar-refractivity contribution is 0.601. The van der Waals surface area contributed by atoms with Crippen LogP contribution in [-0.4, -0.2) is 9.97 Å². The Morgan fingerprint density at radius 2 is 2.07 bits per heavy atom. The molecule has 69 valence electrons. The molecule has 0 saturated heterocycles. The fourth-order valence-electron chi connectivity index (χ4n) is 0.915. The number of hydrogen-bond donors (Lipinski definition) is 0. The van der Waals surface area contributed by atoms with Crippen molar-refractivity contribution in [3.05, 3.63) is 48.5 Å². The first kappa shape index (κ1) is 9.15. The van der Waals surface area contributed by atoms with Crippen molar-refractivity contribution in [3.63, 3.8) is 0 Å². The van der Waals surface area contributed by atoms with E-state index < -0.39 is 0 Å². The highest BCUT2D eigenvalue weighted by molar-refractivity contribution is 7.99. The van der Waals surface area contributed by atoms with Crippen molar-refractivity contribution < 1.29 is 4.39 Å². The Hall–Kier alpha value is -1.42. The van der Waals surface area contributed by atoms with Crippen LogP contribution in [0.15, 0.2) is 46.7 Å². The van der Waals surface area contributed by atoms with Crippen molar-refractivity contribution in [2.24, 2.45) is 0 Å². The first-order chi connectivity index (χ1) is 6.86. The molecule has 2 nitrogen and oxygen atoms in total. The molecule has 0 atom stereocenters. The zero-order valence-corrected chi connectivity index (χ0v) is 7.96. The summed E-state index contributed by atoms with van der Waals surface area (Å²) in [5.41, 5.74) is 0. The third kappa shape index (κ3) is 2.09. The summed E-state index contributed by atoms with van der Waals surface area (Å²) in [6.45, 7) is 0. The van der Waals surface area contributed by atoms with Gasteiger partial charge in [-0.15, -0.1) is 0 Å². The van der Waals surface area contributed by atoms with Gasteiger partial charge in [0.15, 0.2) is 5.16 Å². The number of nitrogens with zero attached hydrogens (tertiary/aromatic N) is 2. The Morgan fingerprint density at radius 1 is 1.29 bits per heavy atom. The summed E-state index contributed by atoms with van der Waals surface area (Å²) >= 11 is 1.20. The molecule has 1 aromatic carbocycles. The minimum atomic E-state index is -0.301. The SMILES string of the molecule is Fc1c[c]ccc1Sc1ncccn1. The van der Waals surface area contributed by atoms with Crippen molar-refractivity contribution in [1.29, 1.82) is 0 Å². The maximum absolute atomic E-state index is 13.2. The number of benzene rings is 1. The fraction of sp³-hybridized carbons (Fsp3) is 0. The molecule has 0 N–H and O–H groups in total. The fourth-order valence-corrected chi connectivity index (χ4v) is 1.63. The lowest BCUT2D eigenvalue weighted by atomic mass is 10.4. The van der Waals surface area contributed by atoms with E-state index >= 15 is 0 Å². The van der Waals surface area contributed by atoms with Gasteiger partial charge in [0.2, 0.25) is 0 Å². The smallest absolute Gasteiger partial charge is 0.192 e. The van der Waals surface area contributed by atoms with Crippen molar-refractivity contribution in [3.8, 4) is 0 Å². The predicted molar refractivity (Wildman–Crippen MR) is 51.4 cm³/mol. The number of aromatic nitrogens is 2. The molecule has 0 aliphatic carbocycles. The number of hydrogen-bond acceptors (Lipinski definition) is 3. The molecular formula is C10H6FN2S. The Bertz CT molecular complexity index is 419. The quantitative estimate of drug-likeness (QED) is 0.705. The lowest BCUT2D eigenvalue weighted by Gasteiger charge is -1.99. The molecule has 0 fully saturated rings. The van der Waals surface area contributed by atoms with Crippen LogP contribution in [0.1, 0.15) is 0 Å². The lowest BCUT2D eigenvalue weighted by Crippen LogP contribution is -1.85. The number of rotatable bonds is 2. The van der Waals surface area contributed by atoms with Gasteiger partial charge >= 0.3 is 0 Å². The largest absolute Gasteiger partial charge is 0.231 e. The number of halogens is 1. The Kier molecular flexibility index (Phi) is 2.74. The normalized spacial score (nSPS) is 10.1. The van der Waals surface area contributed by atoms with E-state index in [0.717, 1.165) is 0 Å². The summed E-state index contributed by atoms with van der Waals surface area (Å²) in [5.74, 6) is -0.301. The van der Waals surface area contributed by atoms with Crippen LogP contribution >= 0.6 is 11.8 Å². The molecule has 0 aliphatic heterocycles. The van der Waals surface area contributed by atoms with E-state index in [-0.39, 0.29) is 5.82 Å². The molecule has 4 heteroatoms. The van der Waals surface area contributed by atoms with E-state index in [4.69, 9.17) is 0 Å². The summed E-state index contributed by atoms with van der Waals surface area (Å²) in [5, 5.41) is 0.539. The molecule has 0 amide bonds. The van der Waals surface area contributed by atoms with Gasteiger partial charge in [0.25, 0.3) is 0 Å². The third-order valence-electron chi connectivity index (χ3n) is 1.52. The van der Waals surface area contributed by atoms with Crippen LogP contribution in [0.4, 0.5) is 4.39 Å². The Balaban J connectivity index is 2.24. The maximum atomic E-state index is 13.2. The van der Waals surface area contributed by atoms with Gasteiger partial charge in [0, 0.05) is 12.4 Å². The van der Waals surface area contributed by atoms with Crippen molar-refractivity contribution in [2.75, 3.05) is 0 Å². The molecule has 14 heavy (non-hydrogen) atoms. The van der Waals surface area contributed by atoms with Gasteiger partial charge < -0.3 is 0 Å². The van der Waals surface area contributed by atoms with Gasteiger partial charge in [-0.25, -0.2) is 14.4 Å². The van der Waals surface area contributed by atoms with Crippen molar-refractivity contribution in [2.45, 2.75) is 10.1 Å². The van der Waals surface area contributed by atoms with Crippen LogP contribution < -0.4 is 0 Å². The van der Waals surface area contributed by atoms with Gasteiger partial charge in [-0.05, 0) is 36.0 Å². The van der Waals surface area contributed by atoms with Crippen LogP contribution in [0.2, 0.25) is 0 Å². The van der Waals surface area contributed by atoms with Gasteiger partial charge in [-0.1, -0.05) is 6.07 Å². The van der Waals surface area contributed by atoms with E-state index in [1.54, 1.807) is 30.6 Å². The van der Waals surface area contributed by atoms with E-state index in [0.29, 0.717) is 10.1 Å². The molecule has 2 aromatic rings. The van der Waals surface area contributed by atoms with Crippen LogP contribution in [0.5, 0.6) is 0 Å². The second kappa shape index (κ2) is 4.19. The monoisotopic (exact) mass is 205 g/mol. The van der Waals surface area contributed by atoms with E-state index in [1.807, 2.05) is 0 Å². The summed E-state index contributed by atoms with van der Waals surface area (Å²) in [7, 11) is 0. The molecular weight excluding hydrogens is 199 g/mol. The Labute approximate surface area is 85.2 Å². The average molecular weight is 205 g/mol. The molecule has 0 unspecified atom stereocenters. The van der Waals surface area contributed by atoms with E-state index in [2.05, 4.69) is 16.0 Å². The van der Waals surface area contributed by atoms with Crippen LogP contribution in [-0.2, 0) is 0 Å². The molecule has 1 heterocycles. The van der Waals surface area contributed by atoms with Gasteiger partial charge in [-0.3, -0.25) is 0 Å². The standard InChI is InChI=1S/C10H6FN2S/c11-8-4-1-2-5-9(8)14-10-12-6-3-7-13-10/h2-7H. The second-order valence-electron chi connectivity index (χ2n) is 2.49. The highest BCUT2D eigenvalue weighted by Gasteiger charge is 2.03. The maximum Gasteiger partial charge on any atom is 0.192 e. The highest BCUT2D eigenvalue weighted by Crippen LogP contribution is 2.25. The van der Waals surface area contributed by atoms with Crippen molar-refractivity contribution in [1.82, 2.24) is 9.97 Å². The zero-order chi connectivity index (χ0) is 9.80. The topological polar surface area (TPSA) is 25.8 Å². The molecule has 0 spiro atoms. The van der Waals surface area contributed by atoms with E-state index in [9.17, 15) is 4.39 Å². The summed E-state index contributed by atoms with van der Waals surface area (Å²) in [6, 6.07) is 8.99. The first-order valence-electron chi connectivity index (χ1n) is 3.97. The molecule has 0 aliphatic rings. The average Bonchev–Trinajstić information content (AvgIpc) is 2.23. The second-order valence-corrected chi connectivity index (χ2v) is 3.50. The van der Waals surface area contributed by atoms with Crippen LogP contribution in [0, 0.1) is 11.9 Å². The van der Waals surface area contributed by atoms with Crippen LogP contribution in [0.3, 0.4) is 0 Å². The molecule has 0 bridgehead atoms. The minimum absolute atomic E-state index is 0.301. The van der Waals surface area contributed by atoms with E-state index in [1.165, 1.54) is 17.8 Å². The van der Waals surface area contributed by atoms with Crippen molar-refractivity contribution >= 4 is 11.8 Å². The molecule has 1 radical (unpaired) electrons. The third-order valence-corrected chi connectivity index (χ3v) is 2.46. The van der Waals surface area contributed by atoms with Gasteiger partial charge in [-0.2, -0.15) is 0 Å². The summed E-state index contributed by atoms with van der Waals surface area (Å²) in [6.07, 6.45) is 3.25. The molecule has 2 rings (SSSR count). The zero-order valence-electron chi connectivity index (χ0n) is 7.14. The predicted octanol–water partition coefficient (Wildman–Crippen LogP) is 2.57. The summed E-state index contributed by atoms with van der Waals surface area (Å²) < 4.78 is 13.2. The summed E-state index contributed by atoms with van der Waals surface area (Å²) in [4.78, 5) is 8.49. The van der Waals surface area contributed by atoms with Crippen LogP contribution in [0.25, 0.3) is 0 Å². The minimum Gasteiger partial charge on any atom is -0.231 e. The Morgan fingerprint density at radius 3 is 2.79 bits per heavy atom. The van der Waals surface area contributed by atoms with Gasteiger partial charge in [0.05, 0.1) is 4.90 Å². The first-order valence-corrected chi connectivity index (χ1v) is 4.78. The highest BCUT2D eigenvalue weighted by atomic mass is 32.2. The molecule has 0 saturated carbocycles. The molecule has 1 aromatic heterocycles. The van der Waals surface area contributed by atoms with Gasteiger partial charge in [0.1, 0.15) is 5.82 Å².